The van der Waals surface area contributed by atoms with Crippen molar-refractivity contribution in [1.29, 1.82) is 0 Å². The molecule has 3 nitrogen and oxygen atoms in total. The van der Waals surface area contributed by atoms with E-state index in [0.717, 1.165) is 31.7 Å². The van der Waals surface area contributed by atoms with Crippen LogP contribution >= 0.6 is 11.6 Å². The molecule has 4 heteroatoms. The standard InChI is InChI=1S/C9H15ClN2O/c1-2-13-5-3-4-12-8-9(6-10)7-11-12/h7-8H,2-6H2,1H3. The van der Waals surface area contributed by atoms with Crippen LogP contribution in [0.1, 0.15) is 18.9 Å². The molecule has 1 aromatic rings. The topological polar surface area (TPSA) is 27.1 Å². The summed E-state index contributed by atoms with van der Waals surface area (Å²) in [5.74, 6) is 0.533. The van der Waals surface area contributed by atoms with Crippen LogP contribution in [0.15, 0.2) is 12.4 Å². The molecule has 0 atom stereocenters. The third-order valence-electron chi connectivity index (χ3n) is 1.72. The molecule has 1 aromatic heterocycles. The molecule has 0 aliphatic rings. The Morgan fingerprint density at radius 1 is 1.62 bits per heavy atom. The first-order chi connectivity index (χ1) is 6.36. The van der Waals surface area contributed by atoms with Crippen molar-refractivity contribution in [1.82, 2.24) is 9.78 Å². The van der Waals surface area contributed by atoms with Gasteiger partial charge < -0.3 is 4.74 Å². The number of rotatable bonds is 6. The normalized spacial score (nSPS) is 10.6. The van der Waals surface area contributed by atoms with Crippen LogP contribution in [-0.4, -0.2) is 23.0 Å². The van der Waals surface area contributed by atoms with E-state index in [9.17, 15) is 0 Å². The van der Waals surface area contributed by atoms with Gasteiger partial charge >= 0.3 is 0 Å². The van der Waals surface area contributed by atoms with Crippen LogP contribution in [0.25, 0.3) is 0 Å². The molecule has 13 heavy (non-hydrogen) atoms. The third kappa shape index (κ3) is 3.79. The molecule has 0 saturated heterocycles. The number of nitrogens with zero attached hydrogens (tertiary/aromatic N) is 2. The lowest BCUT2D eigenvalue weighted by Gasteiger charge is -2.01. The number of aryl methyl sites for hydroxylation is 1. The third-order valence-corrected chi connectivity index (χ3v) is 2.03. The van der Waals surface area contributed by atoms with E-state index in [1.165, 1.54) is 0 Å². The second kappa shape index (κ2) is 6.00. The van der Waals surface area contributed by atoms with Gasteiger partial charge in [0.1, 0.15) is 0 Å². The van der Waals surface area contributed by atoms with Crippen LogP contribution in [0.4, 0.5) is 0 Å². The van der Waals surface area contributed by atoms with Gasteiger partial charge in [0.15, 0.2) is 0 Å². The van der Waals surface area contributed by atoms with Gasteiger partial charge in [-0.15, -0.1) is 11.6 Å². The highest BCUT2D eigenvalue weighted by Gasteiger charge is 1.96. The highest BCUT2D eigenvalue weighted by Crippen LogP contribution is 2.01. The maximum atomic E-state index is 5.65. The van der Waals surface area contributed by atoms with E-state index in [0.29, 0.717) is 5.88 Å². The Morgan fingerprint density at radius 2 is 2.46 bits per heavy atom. The molecule has 1 rings (SSSR count). The largest absolute Gasteiger partial charge is 0.382 e. The second-order valence-corrected chi connectivity index (χ2v) is 3.06. The fourth-order valence-electron chi connectivity index (χ4n) is 1.07. The number of ether oxygens (including phenoxy) is 1. The number of hydrogen-bond donors (Lipinski definition) is 0. The van der Waals surface area contributed by atoms with E-state index in [1.807, 2.05) is 17.8 Å². The summed E-state index contributed by atoms with van der Waals surface area (Å²) in [5, 5.41) is 4.16. The fourth-order valence-corrected chi connectivity index (χ4v) is 1.21. The number of halogens is 1. The monoisotopic (exact) mass is 202 g/mol. The minimum atomic E-state index is 0.533. The molecule has 0 N–H and O–H groups in total. The van der Waals surface area contributed by atoms with Gasteiger partial charge in [-0.05, 0) is 13.3 Å². The summed E-state index contributed by atoms with van der Waals surface area (Å²) < 4.78 is 7.12. The zero-order valence-corrected chi connectivity index (χ0v) is 8.63. The van der Waals surface area contributed by atoms with Crippen LogP contribution in [0.3, 0.4) is 0 Å². The van der Waals surface area contributed by atoms with Crippen molar-refractivity contribution in [2.24, 2.45) is 0 Å². The summed E-state index contributed by atoms with van der Waals surface area (Å²) in [6, 6.07) is 0. The van der Waals surface area contributed by atoms with Gasteiger partial charge in [-0.3, -0.25) is 4.68 Å². The van der Waals surface area contributed by atoms with Gasteiger partial charge in [-0.2, -0.15) is 5.10 Å². The maximum absolute atomic E-state index is 5.65. The molecule has 0 saturated carbocycles. The van der Waals surface area contributed by atoms with E-state index in [2.05, 4.69) is 5.10 Å². The number of alkyl halides is 1. The summed E-state index contributed by atoms with van der Waals surface area (Å²) in [6.45, 7) is 4.48. The molecule has 1 heterocycles. The van der Waals surface area contributed by atoms with Crippen LogP contribution < -0.4 is 0 Å². The summed E-state index contributed by atoms with van der Waals surface area (Å²) in [4.78, 5) is 0. The molecular weight excluding hydrogens is 188 g/mol. The van der Waals surface area contributed by atoms with E-state index in [4.69, 9.17) is 16.3 Å². The fraction of sp³-hybridized carbons (Fsp3) is 0.667. The van der Waals surface area contributed by atoms with Crippen molar-refractivity contribution in [3.63, 3.8) is 0 Å². The zero-order valence-electron chi connectivity index (χ0n) is 7.87. The first kappa shape index (κ1) is 10.5. The predicted octanol–water partition coefficient (Wildman–Crippen LogP) is 2.05. The first-order valence-electron chi connectivity index (χ1n) is 4.52. The van der Waals surface area contributed by atoms with E-state index in [-0.39, 0.29) is 0 Å². The van der Waals surface area contributed by atoms with Crippen molar-refractivity contribution in [3.8, 4) is 0 Å². The Balaban J connectivity index is 2.20. The van der Waals surface area contributed by atoms with Crippen molar-refractivity contribution >= 4 is 11.6 Å². The Hall–Kier alpha value is -0.540. The van der Waals surface area contributed by atoms with E-state index < -0.39 is 0 Å². The summed E-state index contributed by atoms with van der Waals surface area (Å²) >= 11 is 5.65. The van der Waals surface area contributed by atoms with Crippen molar-refractivity contribution in [2.75, 3.05) is 13.2 Å². The Bertz CT molecular complexity index is 237. The Kier molecular flexibility index (Phi) is 4.86. The molecule has 0 fully saturated rings. The van der Waals surface area contributed by atoms with Crippen LogP contribution in [0, 0.1) is 0 Å². The van der Waals surface area contributed by atoms with Crippen LogP contribution in [0.2, 0.25) is 0 Å². The smallest absolute Gasteiger partial charge is 0.0533 e. The van der Waals surface area contributed by atoms with Crippen molar-refractivity contribution in [3.05, 3.63) is 18.0 Å². The molecular formula is C9H15ClN2O. The van der Waals surface area contributed by atoms with Gasteiger partial charge in [0, 0.05) is 31.5 Å². The second-order valence-electron chi connectivity index (χ2n) is 2.80. The number of aromatic nitrogens is 2. The van der Waals surface area contributed by atoms with Gasteiger partial charge in [0.25, 0.3) is 0 Å². The lowest BCUT2D eigenvalue weighted by Crippen LogP contribution is -2.02. The van der Waals surface area contributed by atoms with Crippen molar-refractivity contribution in [2.45, 2.75) is 25.8 Å². The van der Waals surface area contributed by atoms with Crippen LogP contribution in [0.5, 0.6) is 0 Å². The maximum Gasteiger partial charge on any atom is 0.0533 e. The molecule has 0 amide bonds. The zero-order chi connectivity index (χ0) is 9.52. The molecule has 0 bridgehead atoms. The first-order valence-corrected chi connectivity index (χ1v) is 5.05. The Morgan fingerprint density at radius 3 is 3.08 bits per heavy atom. The SMILES string of the molecule is CCOCCCn1cc(CCl)cn1. The molecule has 0 unspecified atom stereocenters. The van der Waals surface area contributed by atoms with Crippen LogP contribution in [-0.2, 0) is 17.2 Å². The lowest BCUT2D eigenvalue weighted by atomic mass is 10.4. The lowest BCUT2D eigenvalue weighted by molar-refractivity contribution is 0.141. The minimum absolute atomic E-state index is 0.533. The average Bonchev–Trinajstić information content (AvgIpc) is 2.60. The average molecular weight is 203 g/mol. The molecule has 74 valence electrons. The summed E-state index contributed by atoms with van der Waals surface area (Å²) in [7, 11) is 0. The minimum Gasteiger partial charge on any atom is -0.382 e. The Labute approximate surface area is 83.6 Å². The van der Waals surface area contributed by atoms with Gasteiger partial charge in [0.2, 0.25) is 0 Å². The van der Waals surface area contributed by atoms with E-state index in [1.54, 1.807) is 6.20 Å². The quantitative estimate of drug-likeness (QED) is 0.522. The number of hydrogen-bond acceptors (Lipinski definition) is 2. The molecule has 0 spiro atoms. The van der Waals surface area contributed by atoms with Gasteiger partial charge in [-0.1, -0.05) is 0 Å². The summed E-state index contributed by atoms with van der Waals surface area (Å²) in [5.41, 5.74) is 1.07. The molecule has 0 aliphatic carbocycles. The molecule has 0 aromatic carbocycles. The van der Waals surface area contributed by atoms with Gasteiger partial charge in [0.05, 0.1) is 12.1 Å². The molecule has 0 radical (unpaired) electrons. The highest BCUT2D eigenvalue weighted by molar-refractivity contribution is 6.17. The van der Waals surface area contributed by atoms with Gasteiger partial charge in [-0.25, -0.2) is 0 Å². The predicted molar refractivity (Wildman–Crippen MR) is 52.9 cm³/mol. The molecule has 0 aliphatic heterocycles. The van der Waals surface area contributed by atoms with E-state index >= 15 is 0 Å². The van der Waals surface area contributed by atoms with Crippen molar-refractivity contribution < 1.29 is 4.74 Å². The summed E-state index contributed by atoms with van der Waals surface area (Å²) in [6.07, 6.45) is 4.77. The highest BCUT2D eigenvalue weighted by atomic mass is 35.5.